The zero-order chi connectivity index (χ0) is 12.9. The highest BCUT2D eigenvalue weighted by atomic mass is 127. The number of hydrogen-bond donors (Lipinski definition) is 2. The van der Waals surface area contributed by atoms with Gasteiger partial charge in [-0.3, -0.25) is 4.99 Å². The second-order valence-electron chi connectivity index (χ2n) is 6.43. The van der Waals surface area contributed by atoms with Crippen molar-refractivity contribution in [2.75, 3.05) is 13.1 Å². The molecule has 3 N–H and O–H groups in total. The number of nitrogens with one attached hydrogen (secondary N) is 1. The molecule has 4 heteroatoms. The molecular weight excluding hydrogens is 337 g/mol. The van der Waals surface area contributed by atoms with Gasteiger partial charge in [0.25, 0.3) is 0 Å². The SMILES string of the molecule is CC(C)CNC(N)=NCC1(CC(C)C)CCC1.I. The summed E-state index contributed by atoms with van der Waals surface area (Å²) in [5, 5.41) is 3.18. The number of guanidine groups is 1. The lowest BCUT2D eigenvalue weighted by Crippen LogP contribution is -2.38. The molecule has 1 saturated carbocycles. The first-order chi connectivity index (χ1) is 7.93. The molecule has 1 rings (SSSR count). The molecule has 0 bridgehead atoms. The highest BCUT2D eigenvalue weighted by molar-refractivity contribution is 14.0. The highest BCUT2D eigenvalue weighted by Crippen LogP contribution is 2.46. The first-order valence-electron chi connectivity index (χ1n) is 6.97. The number of halogens is 1. The zero-order valence-electron chi connectivity index (χ0n) is 12.3. The van der Waals surface area contributed by atoms with Crippen molar-refractivity contribution >= 4 is 29.9 Å². The second kappa shape index (κ2) is 8.23. The maximum absolute atomic E-state index is 5.88. The van der Waals surface area contributed by atoms with Gasteiger partial charge in [0.05, 0.1) is 0 Å². The second-order valence-corrected chi connectivity index (χ2v) is 6.43. The van der Waals surface area contributed by atoms with Crippen LogP contribution in [0.2, 0.25) is 0 Å². The van der Waals surface area contributed by atoms with Crippen molar-refractivity contribution in [3.8, 4) is 0 Å². The van der Waals surface area contributed by atoms with Crippen LogP contribution >= 0.6 is 24.0 Å². The molecule has 1 aliphatic rings. The van der Waals surface area contributed by atoms with E-state index in [9.17, 15) is 0 Å². The third-order valence-corrected chi connectivity index (χ3v) is 3.53. The Bertz CT molecular complexity index is 258. The Hall–Kier alpha value is 0. The molecule has 3 nitrogen and oxygen atoms in total. The summed E-state index contributed by atoms with van der Waals surface area (Å²) in [7, 11) is 0. The van der Waals surface area contributed by atoms with Gasteiger partial charge in [-0.1, -0.05) is 34.1 Å². The molecule has 1 aliphatic carbocycles. The molecule has 0 aliphatic heterocycles. The molecule has 18 heavy (non-hydrogen) atoms. The van der Waals surface area contributed by atoms with Gasteiger partial charge in [-0.15, -0.1) is 24.0 Å². The van der Waals surface area contributed by atoms with Crippen molar-refractivity contribution in [1.82, 2.24) is 5.32 Å². The van der Waals surface area contributed by atoms with E-state index in [0.29, 0.717) is 17.3 Å². The molecular formula is C14H30IN3. The fraction of sp³-hybridized carbons (Fsp3) is 0.929. The molecule has 108 valence electrons. The van der Waals surface area contributed by atoms with Crippen LogP contribution < -0.4 is 11.1 Å². The van der Waals surface area contributed by atoms with Gasteiger partial charge >= 0.3 is 0 Å². The van der Waals surface area contributed by atoms with Gasteiger partial charge in [0.15, 0.2) is 5.96 Å². The molecule has 0 aromatic heterocycles. The largest absolute Gasteiger partial charge is 0.370 e. The van der Waals surface area contributed by atoms with Crippen molar-refractivity contribution in [2.45, 2.75) is 53.4 Å². The molecule has 0 amide bonds. The molecule has 0 aromatic rings. The van der Waals surface area contributed by atoms with Crippen molar-refractivity contribution in [2.24, 2.45) is 28.0 Å². The van der Waals surface area contributed by atoms with E-state index in [1.165, 1.54) is 25.7 Å². The summed E-state index contributed by atoms with van der Waals surface area (Å²) in [5.41, 5.74) is 6.33. The van der Waals surface area contributed by atoms with Crippen molar-refractivity contribution < 1.29 is 0 Å². The Kier molecular flexibility index (Phi) is 8.23. The maximum Gasteiger partial charge on any atom is 0.188 e. The standard InChI is InChI=1S/C14H29N3.HI/c1-11(2)8-14(6-5-7-14)10-17-13(15)16-9-12(3)4;/h11-12H,5-10H2,1-4H3,(H3,15,16,17);1H. The van der Waals surface area contributed by atoms with Crippen LogP contribution in [-0.4, -0.2) is 19.0 Å². The van der Waals surface area contributed by atoms with E-state index in [1.54, 1.807) is 0 Å². The highest BCUT2D eigenvalue weighted by Gasteiger charge is 2.37. The van der Waals surface area contributed by atoms with Crippen LogP contribution in [0.1, 0.15) is 53.4 Å². The monoisotopic (exact) mass is 367 g/mol. The van der Waals surface area contributed by atoms with E-state index < -0.39 is 0 Å². The van der Waals surface area contributed by atoms with Gasteiger partial charge < -0.3 is 11.1 Å². The smallest absolute Gasteiger partial charge is 0.188 e. The maximum atomic E-state index is 5.88. The van der Waals surface area contributed by atoms with Gasteiger partial charge in [-0.2, -0.15) is 0 Å². The fourth-order valence-electron chi connectivity index (χ4n) is 2.59. The van der Waals surface area contributed by atoms with Crippen LogP contribution in [0.25, 0.3) is 0 Å². The van der Waals surface area contributed by atoms with Crippen molar-refractivity contribution in [1.29, 1.82) is 0 Å². The first kappa shape index (κ1) is 18.0. The van der Waals surface area contributed by atoms with Gasteiger partial charge in [-0.05, 0) is 36.5 Å². The minimum atomic E-state index is 0. The van der Waals surface area contributed by atoms with Crippen molar-refractivity contribution in [3.63, 3.8) is 0 Å². The predicted molar refractivity (Wildman–Crippen MR) is 90.5 cm³/mol. The lowest BCUT2D eigenvalue weighted by molar-refractivity contribution is 0.111. The van der Waals surface area contributed by atoms with Gasteiger partial charge in [0, 0.05) is 13.1 Å². The van der Waals surface area contributed by atoms with E-state index in [4.69, 9.17) is 5.73 Å². The quantitative estimate of drug-likeness (QED) is 0.430. The fourth-order valence-corrected chi connectivity index (χ4v) is 2.59. The summed E-state index contributed by atoms with van der Waals surface area (Å²) in [5.74, 6) is 1.99. The van der Waals surface area contributed by atoms with E-state index >= 15 is 0 Å². The Balaban J connectivity index is 0.00000289. The van der Waals surface area contributed by atoms with E-state index in [2.05, 4.69) is 38.0 Å². The number of nitrogens with zero attached hydrogens (tertiary/aromatic N) is 1. The third-order valence-electron chi connectivity index (χ3n) is 3.53. The number of nitrogens with two attached hydrogens (primary N) is 1. The van der Waals surface area contributed by atoms with Crippen LogP contribution in [0.4, 0.5) is 0 Å². The zero-order valence-corrected chi connectivity index (χ0v) is 14.7. The third kappa shape index (κ3) is 6.25. The van der Waals surface area contributed by atoms with E-state index in [1.807, 2.05) is 0 Å². The number of hydrogen-bond acceptors (Lipinski definition) is 1. The molecule has 0 unspecified atom stereocenters. The average molecular weight is 367 g/mol. The number of rotatable bonds is 6. The summed E-state index contributed by atoms with van der Waals surface area (Å²) in [4.78, 5) is 4.53. The van der Waals surface area contributed by atoms with Gasteiger partial charge in [0.2, 0.25) is 0 Å². The molecule has 0 atom stereocenters. The van der Waals surface area contributed by atoms with Gasteiger partial charge in [-0.25, -0.2) is 0 Å². The Morgan fingerprint density at radius 1 is 1.22 bits per heavy atom. The topological polar surface area (TPSA) is 50.4 Å². The molecule has 0 aromatic carbocycles. The predicted octanol–water partition coefficient (Wildman–Crippen LogP) is 3.38. The van der Waals surface area contributed by atoms with Gasteiger partial charge in [0.1, 0.15) is 0 Å². The van der Waals surface area contributed by atoms with E-state index in [0.717, 1.165) is 19.0 Å². The Labute approximate surface area is 129 Å². The molecule has 0 radical (unpaired) electrons. The van der Waals surface area contributed by atoms with Crippen LogP contribution in [0.15, 0.2) is 4.99 Å². The van der Waals surface area contributed by atoms with E-state index in [-0.39, 0.29) is 24.0 Å². The van der Waals surface area contributed by atoms with Crippen LogP contribution in [0, 0.1) is 17.3 Å². The normalized spacial score (nSPS) is 18.4. The summed E-state index contributed by atoms with van der Waals surface area (Å²) < 4.78 is 0. The van der Waals surface area contributed by atoms with Crippen molar-refractivity contribution in [3.05, 3.63) is 0 Å². The summed E-state index contributed by atoms with van der Waals surface area (Å²) in [6.07, 6.45) is 5.30. The molecule has 0 saturated heterocycles. The molecule has 0 heterocycles. The summed E-state index contributed by atoms with van der Waals surface area (Å²) in [6, 6.07) is 0. The first-order valence-corrected chi connectivity index (χ1v) is 6.97. The lowest BCUT2D eigenvalue weighted by Gasteiger charge is -2.42. The summed E-state index contributed by atoms with van der Waals surface area (Å²) >= 11 is 0. The minimum absolute atomic E-state index is 0. The minimum Gasteiger partial charge on any atom is -0.370 e. The van der Waals surface area contributed by atoms with Crippen LogP contribution in [-0.2, 0) is 0 Å². The molecule has 0 spiro atoms. The summed E-state index contributed by atoms with van der Waals surface area (Å²) in [6.45, 7) is 10.8. The van der Waals surface area contributed by atoms with Crippen LogP contribution in [0.5, 0.6) is 0 Å². The average Bonchev–Trinajstić information content (AvgIpc) is 2.18. The Morgan fingerprint density at radius 3 is 2.22 bits per heavy atom. The van der Waals surface area contributed by atoms with Crippen LogP contribution in [0.3, 0.4) is 0 Å². The lowest BCUT2D eigenvalue weighted by atomic mass is 9.64. The number of aliphatic imine (C=N–C) groups is 1. The molecule has 1 fully saturated rings. The Morgan fingerprint density at radius 2 is 1.83 bits per heavy atom.